The summed E-state index contributed by atoms with van der Waals surface area (Å²) in [4.78, 5) is 12.5. The van der Waals surface area contributed by atoms with E-state index in [2.05, 4.69) is 0 Å². The fourth-order valence-corrected chi connectivity index (χ4v) is 2.72. The first-order chi connectivity index (χ1) is 9.73. The van der Waals surface area contributed by atoms with Gasteiger partial charge in [0.15, 0.2) is 0 Å². The average molecular weight is 312 g/mol. The highest BCUT2D eigenvalue weighted by atomic mass is 32.2. The Kier molecular flexibility index (Phi) is 6.07. The van der Waals surface area contributed by atoms with Crippen molar-refractivity contribution in [2.24, 2.45) is 0 Å². The molecule has 0 saturated heterocycles. The normalized spacial score (nSPS) is 12.4. The lowest BCUT2D eigenvalue weighted by Gasteiger charge is -2.19. The van der Waals surface area contributed by atoms with E-state index in [9.17, 15) is 13.2 Å². The zero-order valence-electron chi connectivity index (χ0n) is 12.4. The van der Waals surface area contributed by atoms with Gasteiger partial charge in [-0.25, -0.2) is 13.2 Å². The molecular formula is C14H20N2O4S. The Morgan fingerprint density at radius 3 is 2.19 bits per heavy atom. The Morgan fingerprint density at radius 1 is 1.14 bits per heavy atom. The topological polar surface area (TPSA) is 77.9 Å². The van der Waals surface area contributed by atoms with E-state index in [1.807, 2.05) is 19.0 Å². The molecule has 0 aliphatic rings. The standard InChI is InChI=1S/C14H20N2O4S/c1-15(2)10-11-16(3)21(19,20)13-7-4-12(5-8-13)6-9-14(17)18/h4-9H,10-11H2,1-3H3,(H,17,18). The maximum Gasteiger partial charge on any atom is 0.328 e. The van der Waals surface area contributed by atoms with Crippen molar-refractivity contribution in [3.63, 3.8) is 0 Å². The van der Waals surface area contributed by atoms with E-state index in [1.54, 1.807) is 12.1 Å². The summed E-state index contributed by atoms with van der Waals surface area (Å²) < 4.78 is 25.9. The number of nitrogens with zero attached hydrogens (tertiary/aromatic N) is 2. The summed E-state index contributed by atoms with van der Waals surface area (Å²) in [5.41, 5.74) is 0.632. The van der Waals surface area contributed by atoms with Crippen LogP contribution in [0.25, 0.3) is 6.08 Å². The fraction of sp³-hybridized carbons (Fsp3) is 0.357. The molecule has 7 heteroatoms. The molecule has 116 valence electrons. The average Bonchev–Trinajstić information content (AvgIpc) is 2.42. The van der Waals surface area contributed by atoms with Crippen molar-refractivity contribution < 1.29 is 18.3 Å². The van der Waals surface area contributed by atoms with Crippen LogP contribution in [0.1, 0.15) is 5.56 Å². The lowest BCUT2D eigenvalue weighted by atomic mass is 10.2. The van der Waals surface area contributed by atoms with Crippen LogP contribution in [0.3, 0.4) is 0 Å². The maximum atomic E-state index is 12.3. The Hall–Kier alpha value is -1.70. The maximum absolute atomic E-state index is 12.3. The molecule has 1 N–H and O–H groups in total. The Labute approximate surface area is 125 Å². The van der Waals surface area contributed by atoms with Gasteiger partial charge < -0.3 is 10.0 Å². The van der Waals surface area contributed by atoms with Crippen molar-refractivity contribution in [2.75, 3.05) is 34.2 Å². The molecule has 1 aromatic rings. The lowest BCUT2D eigenvalue weighted by molar-refractivity contribution is -0.131. The quantitative estimate of drug-likeness (QED) is 0.759. The van der Waals surface area contributed by atoms with Crippen LogP contribution in [0.15, 0.2) is 35.2 Å². The van der Waals surface area contributed by atoms with Gasteiger partial charge in [-0.3, -0.25) is 0 Å². The number of hydrogen-bond acceptors (Lipinski definition) is 4. The molecule has 0 radical (unpaired) electrons. The number of carboxylic acids is 1. The molecule has 0 fully saturated rings. The van der Waals surface area contributed by atoms with E-state index in [0.717, 1.165) is 6.08 Å². The Balaban J connectivity index is 2.87. The van der Waals surface area contributed by atoms with Crippen LogP contribution < -0.4 is 0 Å². The second-order valence-corrected chi connectivity index (χ2v) is 6.92. The van der Waals surface area contributed by atoms with Gasteiger partial charge in [0.1, 0.15) is 0 Å². The van der Waals surface area contributed by atoms with Crippen molar-refractivity contribution >= 4 is 22.1 Å². The van der Waals surface area contributed by atoms with Crippen LogP contribution in [0.2, 0.25) is 0 Å². The van der Waals surface area contributed by atoms with Crippen molar-refractivity contribution in [1.82, 2.24) is 9.21 Å². The van der Waals surface area contributed by atoms with E-state index in [1.165, 1.54) is 29.6 Å². The first-order valence-corrected chi connectivity index (χ1v) is 7.79. The number of aliphatic carboxylic acids is 1. The number of benzene rings is 1. The van der Waals surface area contributed by atoms with E-state index in [4.69, 9.17) is 5.11 Å². The largest absolute Gasteiger partial charge is 0.478 e. The minimum absolute atomic E-state index is 0.191. The van der Waals surface area contributed by atoms with Gasteiger partial charge in [-0.1, -0.05) is 12.1 Å². The SMILES string of the molecule is CN(C)CCN(C)S(=O)(=O)c1ccc(C=CC(=O)O)cc1. The minimum atomic E-state index is -3.52. The molecule has 0 aliphatic heterocycles. The zero-order valence-corrected chi connectivity index (χ0v) is 13.2. The minimum Gasteiger partial charge on any atom is -0.478 e. The molecule has 0 atom stereocenters. The third-order valence-corrected chi connectivity index (χ3v) is 4.74. The smallest absolute Gasteiger partial charge is 0.328 e. The fourth-order valence-electron chi connectivity index (χ4n) is 1.56. The molecule has 0 saturated carbocycles. The van der Waals surface area contributed by atoms with E-state index < -0.39 is 16.0 Å². The number of hydrogen-bond donors (Lipinski definition) is 1. The third-order valence-electron chi connectivity index (χ3n) is 2.87. The van der Waals surface area contributed by atoms with Gasteiger partial charge in [-0.2, -0.15) is 4.31 Å². The monoisotopic (exact) mass is 312 g/mol. The molecule has 6 nitrogen and oxygen atoms in total. The van der Waals surface area contributed by atoms with Crippen molar-refractivity contribution in [3.8, 4) is 0 Å². The lowest BCUT2D eigenvalue weighted by Crippen LogP contribution is -2.33. The number of likely N-dealkylation sites (N-methyl/N-ethyl adjacent to an activating group) is 2. The van der Waals surface area contributed by atoms with Gasteiger partial charge in [0.25, 0.3) is 0 Å². The molecule has 0 spiro atoms. The summed E-state index contributed by atoms with van der Waals surface area (Å²) in [5, 5.41) is 8.54. The molecule has 0 aliphatic carbocycles. The highest BCUT2D eigenvalue weighted by molar-refractivity contribution is 7.89. The summed E-state index contributed by atoms with van der Waals surface area (Å²) in [6, 6.07) is 6.10. The van der Waals surface area contributed by atoms with Crippen molar-refractivity contribution in [2.45, 2.75) is 4.90 Å². The molecule has 1 rings (SSSR count). The van der Waals surface area contributed by atoms with Gasteiger partial charge in [0.05, 0.1) is 4.90 Å². The van der Waals surface area contributed by atoms with Crippen LogP contribution in [0, 0.1) is 0 Å². The molecule has 0 aromatic heterocycles. The third kappa shape index (κ3) is 5.30. The van der Waals surface area contributed by atoms with Crippen LogP contribution in [-0.4, -0.2) is 62.9 Å². The van der Waals surface area contributed by atoms with E-state index in [-0.39, 0.29) is 4.90 Å². The number of sulfonamides is 1. The molecular weight excluding hydrogens is 292 g/mol. The predicted molar refractivity (Wildman–Crippen MR) is 81.5 cm³/mol. The molecule has 0 bridgehead atoms. The molecule has 21 heavy (non-hydrogen) atoms. The van der Waals surface area contributed by atoms with E-state index >= 15 is 0 Å². The van der Waals surface area contributed by atoms with Crippen LogP contribution in [0.4, 0.5) is 0 Å². The summed E-state index contributed by atoms with van der Waals surface area (Å²) in [6.07, 6.45) is 2.42. The van der Waals surface area contributed by atoms with Gasteiger partial charge in [0.2, 0.25) is 10.0 Å². The number of rotatable bonds is 7. The van der Waals surface area contributed by atoms with Crippen molar-refractivity contribution in [3.05, 3.63) is 35.9 Å². The van der Waals surface area contributed by atoms with Crippen molar-refractivity contribution in [1.29, 1.82) is 0 Å². The summed E-state index contributed by atoms with van der Waals surface area (Å²) >= 11 is 0. The number of carboxylic acid groups (broad SMARTS) is 1. The molecule has 0 unspecified atom stereocenters. The van der Waals surface area contributed by atoms with E-state index in [0.29, 0.717) is 18.7 Å². The van der Waals surface area contributed by atoms with Gasteiger partial charge in [0, 0.05) is 26.2 Å². The zero-order chi connectivity index (χ0) is 16.0. The van der Waals surface area contributed by atoms with Gasteiger partial charge >= 0.3 is 5.97 Å². The first-order valence-electron chi connectivity index (χ1n) is 6.35. The summed E-state index contributed by atoms with van der Waals surface area (Å²) in [6.45, 7) is 1.03. The second kappa shape index (κ2) is 7.35. The predicted octanol–water partition coefficient (Wildman–Crippen LogP) is 0.966. The highest BCUT2D eigenvalue weighted by Gasteiger charge is 2.20. The van der Waals surface area contributed by atoms with Crippen LogP contribution in [0.5, 0.6) is 0 Å². The van der Waals surface area contributed by atoms with Gasteiger partial charge in [-0.05, 0) is 37.9 Å². The molecule has 1 aromatic carbocycles. The summed E-state index contributed by atoms with van der Waals surface area (Å²) in [5.74, 6) is -1.05. The Morgan fingerprint density at radius 2 is 1.71 bits per heavy atom. The molecule has 0 heterocycles. The highest BCUT2D eigenvalue weighted by Crippen LogP contribution is 2.15. The Bertz CT molecular complexity index is 606. The van der Waals surface area contributed by atoms with Crippen LogP contribution >= 0.6 is 0 Å². The van der Waals surface area contributed by atoms with Crippen LogP contribution in [-0.2, 0) is 14.8 Å². The first kappa shape index (κ1) is 17.4. The number of carbonyl (C=O) groups is 1. The molecule has 0 amide bonds. The van der Waals surface area contributed by atoms with Gasteiger partial charge in [-0.15, -0.1) is 0 Å². The summed E-state index contributed by atoms with van der Waals surface area (Å²) in [7, 11) is 1.78. The second-order valence-electron chi connectivity index (χ2n) is 4.87.